The van der Waals surface area contributed by atoms with Gasteiger partial charge in [-0.15, -0.1) is 10.2 Å². The highest BCUT2D eigenvalue weighted by atomic mass is 16.3. The molecule has 25 heavy (non-hydrogen) atoms. The van der Waals surface area contributed by atoms with E-state index in [2.05, 4.69) is 22.1 Å². The largest absolute Gasteiger partial charge is 0.507 e. The lowest BCUT2D eigenvalue weighted by molar-refractivity contribution is 0.474. The Kier molecular flexibility index (Phi) is 6.28. The molecule has 132 valence electrons. The first-order valence-corrected chi connectivity index (χ1v) is 8.57. The van der Waals surface area contributed by atoms with Gasteiger partial charge in [-0.1, -0.05) is 24.6 Å². The second-order valence-corrected chi connectivity index (χ2v) is 6.26. The minimum atomic E-state index is 0.163. The average molecular weight is 338 g/mol. The summed E-state index contributed by atoms with van der Waals surface area (Å²) in [5.74, 6) is 0.649. The van der Waals surface area contributed by atoms with E-state index in [4.69, 9.17) is 5.73 Å². The van der Waals surface area contributed by atoms with Crippen molar-refractivity contribution >= 4 is 23.3 Å². The summed E-state index contributed by atoms with van der Waals surface area (Å²) in [6.45, 7) is 8.07. The number of phenolic OH excluding ortho intramolecular Hbond substituents is 1. The van der Waals surface area contributed by atoms with Crippen molar-refractivity contribution in [3.8, 4) is 5.75 Å². The number of hydrogen-bond acceptors (Lipinski definition) is 5. The molecule has 2 rings (SSSR count). The normalized spacial score (nSPS) is 15.9. The molecule has 3 N–H and O–H groups in total. The molecule has 1 heterocycles. The first-order valence-electron chi connectivity index (χ1n) is 8.57. The van der Waals surface area contributed by atoms with Crippen LogP contribution in [0.4, 0.5) is 0 Å². The van der Waals surface area contributed by atoms with Gasteiger partial charge in [0.15, 0.2) is 0 Å². The van der Waals surface area contributed by atoms with E-state index >= 15 is 0 Å². The highest BCUT2D eigenvalue weighted by Gasteiger charge is 2.13. The second kappa shape index (κ2) is 8.42. The van der Waals surface area contributed by atoms with Crippen LogP contribution < -0.4 is 5.73 Å². The van der Waals surface area contributed by atoms with E-state index in [1.54, 1.807) is 6.07 Å². The summed E-state index contributed by atoms with van der Waals surface area (Å²) >= 11 is 0. The summed E-state index contributed by atoms with van der Waals surface area (Å²) in [6, 6.07) is 5.77. The molecule has 1 aliphatic rings. The van der Waals surface area contributed by atoms with Gasteiger partial charge in [0.05, 0.1) is 5.71 Å². The number of aliphatic imine (C=N–C) groups is 1. The summed E-state index contributed by atoms with van der Waals surface area (Å²) in [7, 11) is 0. The van der Waals surface area contributed by atoms with Crippen LogP contribution in [-0.4, -0.2) is 28.9 Å². The number of benzene rings is 1. The minimum absolute atomic E-state index is 0.163. The minimum Gasteiger partial charge on any atom is -0.507 e. The molecule has 0 bridgehead atoms. The number of nitrogens with zero attached hydrogens (tertiary/aromatic N) is 3. The predicted molar refractivity (Wildman–Crippen MR) is 107 cm³/mol. The number of hydrogen-bond donors (Lipinski definition) is 2. The van der Waals surface area contributed by atoms with Gasteiger partial charge in [0, 0.05) is 24.2 Å². The van der Waals surface area contributed by atoms with Crippen LogP contribution in [-0.2, 0) is 0 Å². The van der Waals surface area contributed by atoms with Crippen molar-refractivity contribution in [3.63, 3.8) is 0 Å². The molecule has 0 unspecified atom stereocenters. The smallest absolute Gasteiger partial charge is 0.126 e. The van der Waals surface area contributed by atoms with Crippen LogP contribution in [0.2, 0.25) is 0 Å². The van der Waals surface area contributed by atoms with Gasteiger partial charge in [0.1, 0.15) is 11.6 Å². The van der Waals surface area contributed by atoms with E-state index < -0.39 is 0 Å². The van der Waals surface area contributed by atoms with Crippen molar-refractivity contribution in [2.45, 2.75) is 46.6 Å². The highest BCUT2D eigenvalue weighted by molar-refractivity contribution is 6.13. The molecular formula is C20H26N4O. The number of amidine groups is 1. The molecule has 0 aliphatic carbocycles. The SMILES string of the molecule is C/C=C(\C=NC(C)C)c1ccc(C2=NN=C(N)CC(CC)=C2)c(O)c1. The molecule has 0 radical (unpaired) electrons. The molecule has 1 aromatic rings. The summed E-state index contributed by atoms with van der Waals surface area (Å²) in [6.07, 6.45) is 7.24. The number of phenols is 1. The van der Waals surface area contributed by atoms with Crippen LogP contribution in [0.15, 0.2) is 51.1 Å². The summed E-state index contributed by atoms with van der Waals surface area (Å²) in [5.41, 5.74) is 10.1. The van der Waals surface area contributed by atoms with Crippen LogP contribution in [0.5, 0.6) is 5.75 Å². The maximum absolute atomic E-state index is 10.5. The summed E-state index contributed by atoms with van der Waals surface area (Å²) in [4.78, 5) is 4.42. The Labute approximate surface area is 149 Å². The maximum Gasteiger partial charge on any atom is 0.126 e. The standard InChI is InChI=1S/C20H26N4O/c1-5-14-9-18(23-24-20(21)10-14)17-8-7-16(11-19(17)25)15(6-2)12-22-13(3)4/h6-9,11-13,25H,5,10H2,1-4H3,(H2,21,24)/b15-6+,22-12?. The third kappa shape index (κ3) is 4.89. The van der Waals surface area contributed by atoms with Gasteiger partial charge in [-0.25, -0.2) is 0 Å². The average Bonchev–Trinajstić information content (AvgIpc) is 2.77. The van der Waals surface area contributed by atoms with Crippen molar-refractivity contribution in [3.05, 3.63) is 47.1 Å². The lowest BCUT2D eigenvalue weighted by Crippen LogP contribution is -2.10. The van der Waals surface area contributed by atoms with Crippen LogP contribution >= 0.6 is 0 Å². The molecule has 0 amide bonds. The summed E-state index contributed by atoms with van der Waals surface area (Å²) in [5, 5.41) is 18.7. The quantitative estimate of drug-likeness (QED) is 0.793. The molecular weight excluding hydrogens is 312 g/mol. The number of aromatic hydroxyl groups is 1. The van der Waals surface area contributed by atoms with Gasteiger partial charge in [-0.05, 0) is 56.5 Å². The van der Waals surface area contributed by atoms with Crippen molar-refractivity contribution < 1.29 is 5.11 Å². The van der Waals surface area contributed by atoms with E-state index in [0.717, 1.165) is 23.1 Å². The highest BCUT2D eigenvalue weighted by Crippen LogP contribution is 2.26. The third-order valence-corrected chi connectivity index (χ3v) is 3.92. The summed E-state index contributed by atoms with van der Waals surface area (Å²) < 4.78 is 0. The molecule has 0 atom stereocenters. The molecule has 5 heteroatoms. The van der Waals surface area contributed by atoms with Crippen LogP contribution in [0.3, 0.4) is 0 Å². The lowest BCUT2D eigenvalue weighted by Gasteiger charge is -2.09. The van der Waals surface area contributed by atoms with Gasteiger partial charge in [0.2, 0.25) is 0 Å². The van der Waals surface area contributed by atoms with Gasteiger partial charge in [-0.3, -0.25) is 4.99 Å². The second-order valence-electron chi connectivity index (χ2n) is 6.26. The van der Waals surface area contributed by atoms with Crippen LogP contribution in [0, 0.1) is 0 Å². The first kappa shape index (κ1) is 18.6. The number of allylic oxidation sites excluding steroid dienone is 3. The van der Waals surface area contributed by atoms with Crippen molar-refractivity contribution in [1.29, 1.82) is 0 Å². The molecule has 0 saturated heterocycles. The fourth-order valence-corrected chi connectivity index (χ4v) is 2.49. The Morgan fingerprint density at radius 1 is 1.36 bits per heavy atom. The molecule has 1 aromatic carbocycles. The number of rotatable bonds is 5. The third-order valence-electron chi connectivity index (χ3n) is 3.92. The first-order chi connectivity index (χ1) is 11.9. The van der Waals surface area contributed by atoms with Gasteiger partial charge < -0.3 is 10.8 Å². The maximum atomic E-state index is 10.5. The molecule has 1 aliphatic heterocycles. The zero-order valence-corrected chi connectivity index (χ0v) is 15.3. The van der Waals surface area contributed by atoms with E-state index in [1.807, 2.05) is 51.3 Å². The Balaban J connectivity index is 2.40. The molecule has 0 aromatic heterocycles. The molecule has 0 saturated carbocycles. The zero-order valence-electron chi connectivity index (χ0n) is 15.3. The Morgan fingerprint density at radius 3 is 2.72 bits per heavy atom. The lowest BCUT2D eigenvalue weighted by atomic mass is 9.99. The molecule has 0 spiro atoms. The Hall–Kier alpha value is -2.69. The van der Waals surface area contributed by atoms with Gasteiger partial charge in [-0.2, -0.15) is 0 Å². The topological polar surface area (TPSA) is 83.3 Å². The van der Waals surface area contributed by atoms with E-state index in [-0.39, 0.29) is 11.8 Å². The van der Waals surface area contributed by atoms with Crippen LogP contribution in [0.1, 0.15) is 51.7 Å². The van der Waals surface area contributed by atoms with E-state index in [1.165, 1.54) is 0 Å². The van der Waals surface area contributed by atoms with Gasteiger partial charge in [0.25, 0.3) is 0 Å². The molecule has 5 nitrogen and oxygen atoms in total. The fraction of sp³-hybridized carbons (Fsp3) is 0.350. The Morgan fingerprint density at radius 2 is 2.12 bits per heavy atom. The van der Waals surface area contributed by atoms with Crippen molar-refractivity contribution in [1.82, 2.24) is 0 Å². The van der Waals surface area contributed by atoms with Gasteiger partial charge >= 0.3 is 0 Å². The van der Waals surface area contributed by atoms with E-state index in [9.17, 15) is 5.11 Å². The van der Waals surface area contributed by atoms with E-state index in [0.29, 0.717) is 23.5 Å². The molecule has 0 fully saturated rings. The monoisotopic (exact) mass is 338 g/mol. The number of nitrogens with two attached hydrogens (primary N) is 1. The van der Waals surface area contributed by atoms with Crippen molar-refractivity contribution in [2.75, 3.05) is 0 Å². The van der Waals surface area contributed by atoms with Crippen LogP contribution in [0.25, 0.3) is 5.57 Å². The zero-order chi connectivity index (χ0) is 18.4. The Bertz CT molecular complexity index is 783. The van der Waals surface area contributed by atoms with Crippen molar-refractivity contribution in [2.24, 2.45) is 20.9 Å². The fourth-order valence-electron chi connectivity index (χ4n) is 2.49. The predicted octanol–water partition coefficient (Wildman–Crippen LogP) is 4.08.